The standard InChI is InChI=1S/C13H21N3O5/c1-4-6-13(3,11(19)20)15-12(21)16-7-9(17)14-10(18)8(16)5-2/h8H,4-7H2,1-3H3,(H,15,21)(H,19,20)(H,14,17,18). The van der Waals surface area contributed by atoms with E-state index in [4.69, 9.17) is 0 Å². The van der Waals surface area contributed by atoms with Gasteiger partial charge in [0.2, 0.25) is 11.8 Å². The number of rotatable bonds is 5. The molecule has 118 valence electrons. The van der Waals surface area contributed by atoms with Gasteiger partial charge in [0.05, 0.1) is 0 Å². The summed E-state index contributed by atoms with van der Waals surface area (Å²) in [6.45, 7) is 4.66. The Morgan fingerprint density at radius 2 is 2.05 bits per heavy atom. The van der Waals surface area contributed by atoms with Gasteiger partial charge in [-0.25, -0.2) is 9.59 Å². The minimum Gasteiger partial charge on any atom is -0.480 e. The number of hydrogen-bond acceptors (Lipinski definition) is 4. The summed E-state index contributed by atoms with van der Waals surface area (Å²) in [7, 11) is 0. The molecule has 1 saturated heterocycles. The first-order chi connectivity index (χ1) is 9.75. The molecule has 0 aromatic carbocycles. The summed E-state index contributed by atoms with van der Waals surface area (Å²) in [5.74, 6) is -2.28. The Kier molecular flexibility index (Phi) is 5.28. The summed E-state index contributed by atoms with van der Waals surface area (Å²) in [6, 6.07) is -1.49. The number of piperazine rings is 1. The van der Waals surface area contributed by atoms with Crippen LogP contribution in [0.15, 0.2) is 0 Å². The second-order valence-corrected chi connectivity index (χ2v) is 5.28. The molecule has 4 amide bonds. The molecule has 2 atom stereocenters. The molecular formula is C13H21N3O5. The monoisotopic (exact) mass is 299 g/mol. The smallest absolute Gasteiger partial charge is 0.329 e. The first kappa shape index (κ1) is 16.9. The van der Waals surface area contributed by atoms with Crippen LogP contribution in [0.2, 0.25) is 0 Å². The van der Waals surface area contributed by atoms with Gasteiger partial charge >= 0.3 is 12.0 Å². The number of urea groups is 1. The molecule has 0 radical (unpaired) electrons. The number of imide groups is 1. The number of nitrogens with one attached hydrogen (secondary N) is 2. The largest absolute Gasteiger partial charge is 0.480 e. The number of carbonyl (C=O) groups is 4. The minimum absolute atomic E-state index is 0.249. The maximum atomic E-state index is 12.3. The first-order valence-electron chi connectivity index (χ1n) is 6.91. The first-order valence-corrected chi connectivity index (χ1v) is 6.91. The van der Waals surface area contributed by atoms with E-state index in [2.05, 4.69) is 10.6 Å². The van der Waals surface area contributed by atoms with Crippen molar-refractivity contribution in [2.24, 2.45) is 0 Å². The molecule has 1 aliphatic heterocycles. The number of aliphatic carboxylic acids is 1. The van der Waals surface area contributed by atoms with E-state index in [1.54, 1.807) is 13.8 Å². The normalized spacial score (nSPS) is 21.5. The number of carboxylic acids is 1. The average molecular weight is 299 g/mol. The molecular weight excluding hydrogens is 278 g/mol. The maximum absolute atomic E-state index is 12.3. The third kappa shape index (κ3) is 3.71. The second kappa shape index (κ2) is 6.55. The van der Waals surface area contributed by atoms with Crippen molar-refractivity contribution < 1.29 is 24.3 Å². The molecule has 1 rings (SSSR count). The van der Waals surface area contributed by atoms with Gasteiger partial charge in [-0.2, -0.15) is 0 Å². The van der Waals surface area contributed by atoms with Crippen LogP contribution in [0.4, 0.5) is 4.79 Å². The van der Waals surface area contributed by atoms with Crippen LogP contribution in [0.5, 0.6) is 0 Å². The summed E-state index contributed by atoms with van der Waals surface area (Å²) < 4.78 is 0. The van der Waals surface area contributed by atoms with Crippen molar-refractivity contribution in [2.75, 3.05) is 6.54 Å². The predicted octanol–water partition coefficient (Wildman–Crippen LogP) is 0.0764. The zero-order valence-corrected chi connectivity index (χ0v) is 12.4. The van der Waals surface area contributed by atoms with Crippen molar-refractivity contribution in [1.82, 2.24) is 15.5 Å². The minimum atomic E-state index is -1.43. The highest BCUT2D eigenvalue weighted by Crippen LogP contribution is 2.16. The summed E-state index contributed by atoms with van der Waals surface area (Å²) in [5.41, 5.74) is -1.43. The Morgan fingerprint density at radius 3 is 2.52 bits per heavy atom. The molecule has 0 bridgehead atoms. The average Bonchev–Trinajstić information content (AvgIpc) is 2.37. The van der Waals surface area contributed by atoms with Crippen LogP contribution in [0.1, 0.15) is 40.0 Å². The molecule has 8 nitrogen and oxygen atoms in total. The second-order valence-electron chi connectivity index (χ2n) is 5.28. The van der Waals surface area contributed by atoms with Crippen molar-refractivity contribution in [3.8, 4) is 0 Å². The molecule has 0 aliphatic carbocycles. The number of carboxylic acid groups (broad SMARTS) is 1. The van der Waals surface area contributed by atoms with Crippen LogP contribution in [0.25, 0.3) is 0 Å². The number of carbonyl (C=O) groups excluding carboxylic acids is 3. The van der Waals surface area contributed by atoms with E-state index in [0.29, 0.717) is 12.8 Å². The quantitative estimate of drug-likeness (QED) is 0.622. The van der Waals surface area contributed by atoms with Gasteiger partial charge in [0, 0.05) is 0 Å². The lowest BCUT2D eigenvalue weighted by atomic mass is 9.96. The number of amides is 4. The molecule has 1 fully saturated rings. The van der Waals surface area contributed by atoms with E-state index in [1.165, 1.54) is 6.92 Å². The zero-order chi connectivity index (χ0) is 16.2. The Bertz CT molecular complexity index is 465. The van der Waals surface area contributed by atoms with Crippen LogP contribution in [0, 0.1) is 0 Å². The Morgan fingerprint density at radius 1 is 1.43 bits per heavy atom. The summed E-state index contributed by atoms with van der Waals surface area (Å²) in [4.78, 5) is 47.8. The lowest BCUT2D eigenvalue weighted by Gasteiger charge is -2.36. The molecule has 0 spiro atoms. The van der Waals surface area contributed by atoms with Crippen LogP contribution in [0.3, 0.4) is 0 Å². The highest BCUT2D eigenvalue weighted by atomic mass is 16.4. The van der Waals surface area contributed by atoms with E-state index < -0.39 is 35.4 Å². The molecule has 0 aromatic rings. The fourth-order valence-electron chi connectivity index (χ4n) is 2.32. The van der Waals surface area contributed by atoms with Gasteiger partial charge in [0.15, 0.2) is 0 Å². The number of nitrogens with zero attached hydrogens (tertiary/aromatic N) is 1. The molecule has 0 aromatic heterocycles. The zero-order valence-electron chi connectivity index (χ0n) is 12.4. The number of hydrogen-bond donors (Lipinski definition) is 3. The SMILES string of the molecule is CCCC(C)(NC(=O)N1CC(=O)NC(=O)C1CC)C(=O)O. The lowest BCUT2D eigenvalue weighted by Crippen LogP contribution is -2.64. The highest BCUT2D eigenvalue weighted by molar-refractivity contribution is 6.04. The van der Waals surface area contributed by atoms with Gasteiger partial charge in [-0.05, 0) is 19.8 Å². The summed E-state index contributed by atoms with van der Waals surface area (Å²) in [6.07, 6.45) is 1.16. The van der Waals surface area contributed by atoms with Crippen molar-refractivity contribution in [2.45, 2.75) is 51.6 Å². The van der Waals surface area contributed by atoms with Gasteiger partial charge in [-0.15, -0.1) is 0 Å². The van der Waals surface area contributed by atoms with Crippen molar-refractivity contribution in [1.29, 1.82) is 0 Å². The van der Waals surface area contributed by atoms with Gasteiger partial charge in [-0.3, -0.25) is 14.9 Å². The van der Waals surface area contributed by atoms with Crippen LogP contribution in [-0.2, 0) is 14.4 Å². The van der Waals surface area contributed by atoms with Gasteiger partial charge in [-0.1, -0.05) is 20.3 Å². The van der Waals surface area contributed by atoms with Gasteiger partial charge in [0.25, 0.3) is 0 Å². The van der Waals surface area contributed by atoms with Gasteiger partial charge < -0.3 is 15.3 Å². The van der Waals surface area contributed by atoms with Crippen LogP contribution < -0.4 is 10.6 Å². The maximum Gasteiger partial charge on any atom is 0.329 e. The van der Waals surface area contributed by atoms with Crippen molar-refractivity contribution >= 4 is 23.8 Å². The van der Waals surface area contributed by atoms with E-state index in [0.717, 1.165) is 4.90 Å². The van der Waals surface area contributed by atoms with Crippen LogP contribution in [-0.4, -0.2) is 51.9 Å². The summed E-state index contributed by atoms with van der Waals surface area (Å²) >= 11 is 0. The highest BCUT2D eigenvalue weighted by Gasteiger charge is 2.40. The Balaban J connectivity index is 2.92. The van der Waals surface area contributed by atoms with E-state index >= 15 is 0 Å². The Labute approximate surface area is 122 Å². The lowest BCUT2D eigenvalue weighted by molar-refractivity contribution is -0.144. The van der Waals surface area contributed by atoms with E-state index in [-0.39, 0.29) is 13.0 Å². The third-order valence-electron chi connectivity index (χ3n) is 3.51. The summed E-state index contributed by atoms with van der Waals surface area (Å²) in [5, 5.41) is 13.8. The van der Waals surface area contributed by atoms with E-state index in [9.17, 15) is 24.3 Å². The molecule has 1 heterocycles. The third-order valence-corrected chi connectivity index (χ3v) is 3.51. The van der Waals surface area contributed by atoms with Crippen molar-refractivity contribution in [3.05, 3.63) is 0 Å². The predicted molar refractivity (Wildman–Crippen MR) is 73.4 cm³/mol. The fourth-order valence-corrected chi connectivity index (χ4v) is 2.32. The van der Waals surface area contributed by atoms with E-state index in [1.807, 2.05) is 0 Å². The molecule has 0 saturated carbocycles. The fraction of sp³-hybridized carbons (Fsp3) is 0.692. The molecule has 3 N–H and O–H groups in total. The van der Waals surface area contributed by atoms with Gasteiger partial charge in [0.1, 0.15) is 18.1 Å². The Hall–Kier alpha value is -2.12. The van der Waals surface area contributed by atoms with Crippen LogP contribution >= 0.6 is 0 Å². The molecule has 2 unspecified atom stereocenters. The molecule has 8 heteroatoms. The topological polar surface area (TPSA) is 116 Å². The molecule has 21 heavy (non-hydrogen) atoms. The van der Waals surface area contributed by atoms with Crippen molar-refractivity contribution in [3.63, 3.8) is 0 Å². The molecule has 1 aliphatic rings.